The topological polar surface area (TPSA) is 163 Å². The Balaban J connectivity index is 1.22. The molecule has 2 aliphatic carbocycles. The van der Waals surface area contributed by atoms with Crippen molar-refractivity contribution in [2.24, 2.45) is 23.7 Å². The Hall–Kier alpha value is -3.99. The van der Waals surface area contributed by atoms with Gasteiger partial charge in [-0.2, -0.15) is 5.26 Å². The van der Waals surface area contributed by atoms with Gasteiger partial charge in [-0.15, -0.1) is 0 Å². The third-order valence-electron chi connectivity index (χ3n) is 10.3. The van der Waals surface area contributed by atoms with Crippen LogP contribution in [0, 0.1) is 35.0 Å². The molecule has 0 aromatic carbocycles. The largest absolute Gasteiger partial charge is 0.472 e. The monoisotopic (exact) mass is 596 g/mol. The summed E-state index contributed by atoms with van der Waals surface area (Å²) in [4.78, 5) is 61.3. The maximum atomic E-state index is 15.2. The number of nitrogens with zero attached hydrogens (tertiary/aromatic N) is 4. The van der Waals surface area contributed by atoms with Crippen molar-refractivity contribution in [2.75, 3.05) is 32.1 Å². The Labute approximate surface area is 247 Å². The van der Waals surface area contributed by atoms with Gasteiger partial charge >= 0.3 is 6.09 Å². The summed E-state index contributed by atoms with van der Waals surface area (Å²) in [5.74, 6) is -1.89. The third-order valence-corrected chi connectivity index (χ3v) is 10.3. The van der Waals surface area contributed by atoms with Gasteiger partial charge in [0.05, 0.1) is 25.8 Å². The molecule has 2 saturated carbocycles. The van der Waals surface area contributed by atoms with E-state index < -0.39 is 71.7 Å². The molecule has 10 atom stereocenters. The number of ether oxygens (including phenoxy) is 3. The standard InChI is InChI=1S/C29H33FN6O7/c1-41-28(40)33-22(19-5-3-7-42-19)25(37)35-12-17-14-8-16(18(30)9-14)21(17)23(35)26(38)36-13-29(10-15(36)11-31)27(39)34-24-20(43-29)4-2-6-32-24/h2,4,6,14-19,21-23H,3,5,7-10,12-13H2,1H3,(H,33,40)(H,32,34,39)/t14-,15-,16+,17+,18+,19+,21-,22-,23-,29+/m0/s1. The number of anilines is 1. The highest BCUT2D eigenvalue weighted by Crippen LogP contribution is 2.59. The highest BCUT2D eigenvalue weighted by molar-refractivity contribution is 6.01. The van der Waals surface area contributed by atoms with Gasteiger partial charge in [-0.25, -0.2) is 14.2 Å². The van der Waals surface area contributed by atoms with Crippen LogP contribution in [0.5, 0.6) is 5.75 Å². The first-order chi connectivity index (χ1) is 20.7. The van der Waals surface area contributed by atoms with Gasteiger partial charge in [0.15, 0.2) is 11.6 Å². The van der Waals surface area contributed by atoms with Crippen LogP contribution in [0.25, 0.3) is 0 Å². The first-order valence-corrected chi connectivity index (χ1v) is 14.8. The van der Waals surface area contributed by atoms with E-state index in [1.54, 1.807) is 12.1 Å². The number of hydrogen-bond acceptors (Lipinski definition) is 9. The van der Waals surface area contributed by atoms with E-state index in [9.17, 15) is 24.4 Å². The lowest BCUT2D eigenvalue weighted by atomic mass is 9.77. The van der Waals surface area contributed by atoms with Crippen LogP contribution in [0.15, 0.2) is 18.3 Å². The van der Waals surface area contributed by atoms with Crippen molar-refractivity contribution in [1.82, 2.24) is 20.1 Å². The minimum atomic E-state index is -1.52. The molecule has 1 aromatic rings. The summed E-state index contributed by atoms with van der Waals surface area (Å²) in [7, 11) is 1.20. The fourth-order valence-electron chi connectivity index (χ4n) is 8.47. The van der Waals surface area contributed by atoms with Crippen LogP contribution in [0.1, 0.15) is 32.1 Å². The summed E-state index contributed by atoms with van der Waals surface area (Å²) in [5, 5.41) is 15.5. The van der Waals surface area contributed by atoms with E-state index >= 15 is 4.39 Å². The molecule has 43 heavy (non-hydrogen) atoms. The van der Waals surface area contributed by atoms with Crippen molar-refractivity contribution in [1.29, 1.82) is 5.26 Å². The predicted octanol–water partition coefficient (Wildman–Crippen LogP) is 1.00. The third kappa shape index (κ3) is 4.30. The minimum Gasteiger partial charge on any atom is -0.472 e. The number of carbonyl (C=O) groups is 4. The number of amides is 4. The maximum absolute atomic E-state index is 15.2. The number of methoxy groups -OCH3 is 1. The molecule has 1 aromatic heterocycles. The lowest BCUT2D eigenvalue weighted by Crippen LogP contribution is -2.60. The first kappa shape index (κ1) is 27.8. The van der Waals surface area contributed by atoms with Crippen LogP contribution in [-0.4, -0.2) is 101 Å². The number of alkyl carbamates (subject to hydrolysis) is 1. The number of likely N-dealkylation sites (tertiary alicyclic amines) is 2. The van der Waals surface area contributed by atoms with Crippen LogP contribution in [0.3, 0.4) is 0 Å². The fourth-order valence-corrected chi connectivity index (χ4v) is 8.47. The molecule has 7 rings (SSSR count). The average Bonchev–Trinajstić information content (AvgIpc) is 3.83. The lowest BCUT2D eigenvalue weighted by Gasteiger charge is -2.37. The van der Waals surface area contributed by atoms with Gasteiger partial charge in [0.1, 0.15) is 24.3 Å². The summed E-state index contributed by atoms with van der Waals surface area (Å²) in [5.41, 5.74) is -1.52. The van der Waals surface area contributed by atoms with Gasteiger partial charge in [0.25, 0.3) is 5.91 Å². The summed E-state index contributed by atoms with van der Waals surface area (Å²) < 4.78 is 31.9. The van der Waals surface area contributed by atoms with E-state index in [2.05, 4.69) is 21.7 Å². The van der Waals surface area contributed by atoms with Crippen molar-refractivity contribution in [3.63, 3.8) is 0 Å². The van der Waals surface area contributed by atoms with Gasteiger partial charge in [0, 0.05) is 25.8 Å². The average molecular weight is 597 g/mol. The number of aromatic nitrogens is 1. The number of halogens is 1. The van der Waals surface area contributed by atoms with Crippen LogP contribution in [0.2, 0.25) is 0 Å². The van der Waals surface area contributed by atoms with E-state index in [1.165, 1.54) is 23.1 Å². The molecule has 5 heterocycles. The highest BCUT2D eigenvalue weighted by atomic mass is 19.1. The molecular weight excluding hydrogens is 563 g/mol. The van der Waals surface area contributed by atoms with Crippen molar-refractivity contribution >= 4 is 29.6 Å². The van der Waals surface area contributed by atoms with Crippen molar-refractivity contribution in [3.05, 3.63) is 18.3 Å². The zero-order valence-electron chi connectivity index (χ0n) is 23.6. The number of alkyl halides is 1. The fraction of sp³-hybridized carbons (Fsp3) is 0.655. The molecule has 3 saturated heterocycles. The molecule has 13 nitrogen and oxygen atoms in total. The zero-order valence-corrected chi connectivity index (χ0v) is 23.6. The van der Waals surface area contributed by atoms with E-state index in [4.69, 9.17) is 14.2 Å². The summed E-state index contributed by atoms with van der Waals surface area (Å²) in [6, 6.07) is 2.25. The Morgan fingerprint density at radius 2 is 2.14 bits per heavy atom. The Bertz CT molecular complexity index is 1400. The number of pyridine rings is 1. The van der Waals surface area contributed by atoms with E-state index in [1.807, 2.05) is 0 Å². The van der Waals surface area contributed by atoms with Gasteiger partial charge in [-0.05, 0) is 61.5 Å². The summed E-state index contributed by atoms with van der Waals surface area (Å²) in [6.07, 6.45) is 1.20. The SMILES string of the molecule is COC(=O)N[C@H](C(=O)N1C[C@@H]2[C@H]3C[C@@H]([C@@H]2[C@H]1C(=O)N1C[C@@]2(C[C@H]1C#N)Oc1cccnc1NC2=O)[C@H](F)C3)[C@H]1CCCO1. The molecule has 5 fully saturated rings. The van der Waals surface area contributed by atoms with Gasteiger partial charge < -0.3 is 34.6 Å². The Morgan fingerprint density at radius 1 is 1.30 bits per heavy atom. The molecule has 4 aliphatic heterocycles. The molecule has 0 radical (unpaired) electrons. The van der Waals surface area contributed by atoms with E-state index in [0.29, 0.717) is 38.0 Å². The smallest absolute Gasteiger partial charge is 0.407 e. The summed E-state index contributed by atoms with van der Waals surface area (Å²) >= 11 is 0. The zero-order chi connectivity index (χ0) is 30.0. The normalized spacial score (nSPS) is 37.7. The first-order valence-electron chi connectivity index (χ1n) is 14.8. The molecule has 0 unspecified atom stereocenters. The number of nitriles is 1. The quantitative estimate of drug-likeness (QED) is 0.516. The number of nitrogens with one attached hydrogen (secondary N) is 2. The van der Waals surface area contributed by atoms with E-state index in [-0.39, 0.29) is 37.2 Å². The lowest BCUT2D eigenvalue weighted by molar-refractivity contribution is -0.149. The molecule has 2 N–H and O–H groups in total. The minimum absolute atomic E-state index is 0.0287. The second-order valence-electron chi connectivity index (χ2n) is 12.5. The molecular formula is C29H33FN6O7. The molecule has 6 aliphatic rings. The van der Waals surface area contributed by atoms with Gasteiger partial charge in [0.2, 0.25) is 17.4 Å². The molecule has 228 valence electrons. The number of rotatable bonds is 4. The van der Waals surface area contributed by atoms with Crippen molar-refractivity contribution in [2.45, 2.75) is 68.1 Å². The second-order valence-corrected chi connectivity index (χ2v) is 12.5. The van der Waals surface area contributed by atoms with Crippen molar-refractivity contribution in [3.8, 4) is 11.8 Å². The van der Waals surface area contributed by atoms with Crippen LogP contribution in [-0.2, 0) is 23.9 Å². The van der Waals surface area contributed by atoms with Crippen LogP contribution < -0.4 is 15.4 Å². The Kier molecular flexibility index (Phi) is 6.68. The molecule has 1 spiro atoms. The highest BCUT2D eigenvalue weighted by Gasteiger charge is 2.65. The predicted molar refractivity (Wildman–Crippen MR) is 144 cm³/mol. The van der Waals surface area contributed by atoms with Crippen LogP contribution >= 0.6 is 0 Å². The molecule has 4 amide bonds. The van der Waals surface area contributed by atoms with E-state index in [0.717, 1.165) is 0 Å². The molecule has 2 bridgehead atoms. The maximum Gasteiger partial charge on any atom is 0.407 e. The second kappa shape index (κ2) is 10.3. The molecule has 14 heteroatoms. The summed E-state index contributed by atoms with van der Waals surface area (Å²) in [6.45, 7) is 0.438. The Morgan fingerprint density at radius 3 is 2.88 bits per heavy atom. The van der Waals surface area contributed by atoms with Crippen LogP contribution in [0.4, 0.5) is 15.0 Å². The van der Waals surface area contributed by atoms with Gasteiger partial charge in [-0.3, -0.25) is 14.4 Å². The number of hydrogen-bond donors (Lipinski definition) is 2. The van der Waals surface area contributed by atoms with Crippen molar-refractivity contribution < 1.29 is 37.8 Å². The van der Waals surface area contributed by atoms with Gasteiger partial charge in [-0.1, -0.05) is 0 Å². The number of fused-ring (bicyclic) bond motifs is 6. The number of carbonyl (C=O) groups excluding carboxylic acids is 4.